The van der Waals surface area contributed by atoms with Crippen molar-refractivity contribution in [2.24, 2.45) is 11.8 Å². The summed E-state index contributed by atoms with van der Waals surface area (Å²) in [5, 5.41) is 0. The van der Waals surface area contributed by atoms with Crippen LogP contribution in [0.2, 0.25) is 0 Å². The van der Waals surface area contributed by atoms with Crippen LogP contribution in [0.25, 0.3) is 0 Å². The first-order valence-electron chi connectivity index (χ1n) is 10.9. The predicted octanol–water partition coefficient (Wildman–Crippen LogP) is 5.41. The van der Waals surface area contributed by atoms with Gasteiger partial charge in [-0.3, -0.25) is 14.4 Å². The summed E-state index contributed by atoms with van der Waals surface area (Å²) in [6.07, 6.45) is 8.51. The number of allylic oxidation sites excluding steroid dienone is 1. The van der Waals surface area contributed by atoms with E-state index in [0.29, 0.717) is 25.9 Å². The van der Waals surface area contributed by atoms with Crippen molar-refractivity contribution in [3.8, 4) is 0 Å². The second kappa shape index (κ2) is 16.3. The summed E-state index contributed by atoms with van der Waals surface area (Å²) in [6.45, 7) is 12.0. The molecular weight excluding hydrogens is 356 g/mol. The van der Waals surface area contributed by atoms with Crippen molar-refractivity contribution in [3.05, 3.63) is 12.7 Å². The van der Waals surface area contributed by atoms with Crippen molar-refractivity contribution in [2.45, 2.75) is 98.0 Å². The number of ketones is 1. The van der Waals surface area contributed by atoms with Crippen molar-refractivity contribution in [2.75, 3.05) is 6.61 Å². The maximum absolute atomic E-state index is 12.2. The second-order valence-electron chi connectivity index (χ2n) is 7.70. The Bertz CT molecular complexity index is 472. The first-order valence-corrected chi connectivity index (χ1v) is 10.9. The molecule has 0 saturated heterocycles. The number of hydrogen-bond donors (Lipinski definition) is 0. The van der Waals surface area contributed by atoms with E-state index in [4.69, 9.17) is 9.47 Å². The van der Waals surface area contributed by atoms with Crippen molar-refractivity contribution < 1.29 is 23.9 Å². The fourth-order valence-electron chi connectivity index (χ4n) is 3.08. The third-order valence-corrected chi connectivity index (χ3v) is 4.94. The molecule has 3 atom stereocenters. The van der Waals surface area contributed by atoms with E-state index in [1.165, 1.54) is 6.08 Å². The first kappa shape index (κ1) is 26.4. The molecule has 28 heavy (non-hydrogen) atoms. The van der Waals surface area contributed by atoms with Gasteiger partial charge in [-0.2, -0.15) is 0 Å². The minimum absolute atomic E-state index is 0.0230. The summed E-state index contributed by atoms with van der Waals surface area (Å²) in [6, 6.07) is 0. The molecule has 5 nitrogen and oxygen atoms in total. The molecule has 0 aromatic carbocycles. The highest BCUT2D eigenvalue weighted by Gasteiger charge is 2.21. The van der Waals surface area contributed by atoms with Gasteiger partial charge in [0.2, 0.25) is 0 Å². The quantitative estimate of drug-likeness (QED) is 0.187. The van der Waals surface area contributed by atoms with Gasteiger partial charge >= 0.3 is 11.9 Å². The lowest BCUT2D eigenvalue weighted by molar-refractivity contribution is -0.152. The molecule has 0 aliphatic rings. The highest BCUT2D eigenvalue weighted by atomic mass is 16.5. The Labute approximate surface area is 171 Å². The number of hydrogen-bond acceptors (Lipinski definition) is 5. The largest absolute Gasteiger partial charge is 0.466 e. The molecule has 0 saturated carbocycles. The number of unbranched alkanes of at least 4 members (excludes halogenated alkanes) is 3. The third kappa shape index (κ3) is 13.5. The molecule has 0 spiro atoms. The molecule has 5 heteroatoms. The zero-order valence-corrected chi connectivity index (χ0v) is 18.3. The standard InChI is InChI=1S/C23H40O5/c1-6-10-11-12-13-27-22(25)14-18(5)15-23(26)28-21(9-4)17-19(7-2)16-20(24)8-3/h8,18-19,21H,3,6-7,9-17H2,1-2,4-5H3/t18?,19-,21-/m0/s1. The van der Waals surface area contributed by atoms with Gasteiger partial charge in [-0.05, 0) is 37.2 Å². The average molecular weight is 397 g/mol. The fourth-order valence-corrected chi connectivity index (χ4v) is 3.08. The van der Waals surface area contributed by atoms with Crippen LogP contribution in [0.1, 0.15) is 91.9 Å². The number of rotatable bonds is 17. The topological polar surface area (TPSA) is 69.7 Å². The normalized spacial score (nSPS) is 14.0. The molecule has 0 heterocycles. The van der Waals surface area contributed by atoms with Gasteiger partial charge in [0.15, 0.2) is 5.78 Å². The van der Waals surface area contributed by atoms with E-state index in [1.54, 1.807) is 0 Å². The maximum Gasteiger partial charge on any atom is 0.306 e. The first-order chi connectivity index (χ1) is 13.4. The van der Waals surface area contributed by atoms with Gasteiger partial charge in [-0.15, -0.1) is 0 Å². The lowest BCUT2D eigenvalue weighted by Gasteiger charge is -2.22. The zero-order valence-electron chi connectivity index (χ0n) is 18.3. The van der Waals surface area contributed by atoms with E-state index in [-0.39, 0.29) is 48.5 Å². The number of esters is 2. The zero-order chi connectivity index (χ0) is 21.4. The second-order valence-corrected chi connectivity index (χ2v) is 7.70. The van der Waals surface area contributed by atoms with Crippen molar-refractivity contribution in [1.29, 1.82) is 0 Å². The number of carbonyl (C=O) groups is 3. The summed E-state index contributed by atoms with van der Waals surface area (Å²) >= 11 is 0. The molecule has 0 aliphatic heterocycles. The van der Waals surface area contributed by atoms with E-state index in [2.05, 4.69) is 13.5 Å². The summed E-state index contributed by atoms with van der Waals surface area (Å²) < 4.78 is 10.8. The van der Waals surface area contributed by atoms with Gasteiger partial charge in [0.05, 0.1) is 6.61 Å². The maximum atomic E-state index is 12.2. The average Bonchev–Trinajstić information content (AvgIpc) is 2.65. The van der Waals surface area contributed by atoms with E-state index in [0.717, 1.165) is 32.1 Å². The van der Waals surface area contributed by atoms with E-state index in [9.17, 15) is 14.4 Å². The molecule has 1 unspecified atom stereocenters. The molecule has 0 aliphatic carbocycles. The van der Waals surface area contributed by atoms with E-state index in [1.807, 2.05) is 20.8 Å². The van der Waals surface area contributed by atoms with Crippen LogP contribution >= 0.6 is 0 Å². The van der Waals surface area contributed by atoms with Gasteiger partial charge in [0, 0.05) is 19.3 Å². The summed E-state index contributed by atoms with van der Waals surface area (Å²) in [5.41, 5.74) is 0. The minimum atomic E-state index is -0.292. The van der Waals surface area contributed by atoms with Crippen LogP contribution in [0.15, 0.2) is 12.7 Å². The fraction of sp³-hybridized carbons (Fsp3) is 0.783. The van der Waals surface area contributed by atoms with E-state index >= 15 is 0 Å². The van der Waals surface area contributed by atoms with Gasteiger partial charge < -0.3 is 9.47 Å². The molecule has 0 aromatic heterocycles. The van der Waals surface area contributed by atoms with Crippen molar-refractivity contribution >= 4 is 17.7 Å². The van der Waals surface area contributed by atoms with Gasteiger partial charge in [0.25, 0.3) is 0 Å². The smallest absolute Gasteiger partial charge is 0.306 e. The van der Waals surface area contributed by atoms with Crippen LogP contribution in [0.4, 0.5) is 0 Å². The molecule has 0 bridgehead atoms. The van der Waals surface area contributed by atoms with Crippen LogP contribution < -0.4 is 0 Å². The molecule has 0 N–H and O–H groups in total. The van der Waals surface area contributed by atoms with Crippen LogP contribution in [-0.4, -0.2) is 30.4 Å². The van der Waals surface area contributed by atoms with Gasteiger partial charge in [-0.25, -0.2) is 0 Å². The lowest BCUT2D eigenvalue weighted by atomic mass is 9.92. The van der Waals surface area contributed by atoms with E-state index < -0.39 is 0 Å². The molecule has 0 fully saturated rings. The Morgan fingerprint density at radius 1 is 0.929 bits per heavy atom. The van der Waals surface area contributed by atoms with Crippen molar-refractivity contribution in [3.63, 3.8) is 0 Å². The highest BCUT2D eigenvalue weighted by Crippen LogP contribution is 2.21. The monoisotopic (exact) mass is 396 g/mol. The summed E-state index contributed by atoms with van der Waals surface area (Å²) in [5.74, 6) is -0.450. The summed E-state index contributed by atoms with van der Waals surface area (Å²) in [4.78, 5) is 35.7. The SMILES string of the molecule is C=CC(=O)C[C@H](CC)C[C@H](CC)OC(=O)CC(C)CC(=O)OCCCCCC. The number of carbonyl (C=O) groups excluding carboxylic acids is 3. The Morgan fingerprint density at radius 3 is 2.18 bits per heavy atom. The minimum Gasteiger partial charge on any atom is -0.466 e. The number of ether oxygens (including phenoxy) is 2. The summed E-state index contributed by atoms with van der Waals surface area (Å²) in [7, 11) is 0. The molecule has 0 rings (SSSR count). The van der Waals surface area contributed by atoms with Gasteiger partial charge in [-0.1, -0.05) is 60.0 Å². The van der Waals surface area contributed by atoms with Gasteiger partial charge in [0.1, 0.15) is 6.10 Å². The lowest BCUT2D eigenvalue weighted by Crippen LogP contribution is -2.23. The van der Waals surface area contributed by atoms with Crippen LogP contribution in [-0.2, 0) is 23.9 Å². The van der Waals surface area contributed by atoms with Crippen LogP contribution in [0, 0.1) is 11.8 Å². The Balaban J connectivity index is 4.24. The Morgan fingerprint density at radius 2 is 1.61 bits per heavy atom. The molecular formula is C23H40O5. The Hall–Kier alpha value is -1.65. The molecule has 0 radical (unpaired) electrons. The van der Waals surface area contributed by atoms with Crippen LogP contribution in [0.5, 0.6) is 0 Å². The van der Waals surface area contributed by atoms with Crippen molar-refractivity contribution in [1.82, 2.24) is 0 Å². The molecule has 0 amide bonds. The van der Waals surface area contributed by atoms with Crippen LogP contribution in [0.3, 0.4) is 0 Å². The predicted molar refractivity (Wildman–Crippen MR) is 112 cm³/mol. The highest BCUT2D eigenvalue weighted by molar-refractivity contribution is 5.89. The third-order valence-electron chi connectivity index (χ3n) is 4.94. The Kier molecular flexibility index (Phi) is 15.4. The molecule has 162 valence electrons. The molecule has 0 aromatic rings.